The fourth-order valence-electron chi connectivity index (χ4n) is 2.87. The molecule has 0 aromatic heterocycles. The molecule has 0 saturated carbocycles. The Hall–Kier alpha value is -1.25. The quantitative estimate of drug-likeness (QED) is 0.560. The number of hydrogen-bond donors (Lipinski definition) is 0. The molecule has 0 aliphatic carbocycles. The van der Waals surface area contributed by atoms with E-state index in [4.69, 9.17) is 9.47 Å². The van der Waals surface area contributed by atoms with Crippen LogP contribution in [0.3, 0.4) is 0 Å². The Balaban J connectivity index is 2.22. The lowest BCUT2D eigenvalue weighted by Crippen LogP contribution is -2.34. The van der Waals surface area contributed by atoms with Gasteiger partial charge in [-0.3, -0.25) is 0 Å². The third-order valence-corrected chi connectivity index (χ3v) is 5.67. The van der Waals surface area contributed by atoms with E-state index in [0.29, 0.717) is 23.6 Å². The number of aliphatic imine (C=N–C) groups is 1. The Kier molecular flexibility index (Phi) is 5.60. The van der Waals surface area contributed by atoms with Gasteiger partial charge in [0.05, 0.1) is 35.5 Å². The largest absolute Gasteiger partial charge is 0.495 e. The minimum absolute atomic E-state index is 0.308. The highest BCUT2D eigenvalue weighted by molar-refractivity contribution is 9.11. The number of allylic oxidation sites excluding steroid dienone is 1. The lowest BCUT2D eigenvalue weighted by Gasteiger charge is -2.34. The molecule has 132 valence electrons. The summed E-state index contributed by atoms with van der Waals surface area (Å²) in [7, 11) is 1.62. The molecule has 8 heteroatoms. The third kappa shape index (κ3) is 3.39. The first-order valence-electron chi connectivity index (χ1n) is 7.59. The predicted molar refractivity (Wildman–Crippen MR) is 106 cm³/mol. The lowest BCUT2D eigenvalue weighted by molar-refractivity contribution is -0.139. The number of methoxy groups -OCH3 is 1. The monoisotopic (exact) mass is 486 g/mol. The van der Waals surface area contributed by atoms with Gasteiger partial charge in [0.1, 0.15) is 5.75 Å². The molecule has 3 rings (SSSR count). The number of hydrogen-bond acceptors (Lipinski definition) is 6. The topological polar surface area (TPSA) is 51.1 Å². The van der Waals surface area contributed by atoms with Gasteiger partial charge in [-0.05, 0) is 47.3 Å². The summed E-state index contributed by atoms with van der Waals surface area (Å²) in [5.41, 5.74) is 2.02. The highest BCUT2D eigenvalue weighted by atomic mass is 79.9. The minimum atomic E-state index is -0.374. The van der Waals surface area contributed by atoms with Gasteiger partial charge in [-0.25, -0.2) is 9.79 Å². The summed E-state index contributed by atoms with van der Waals surface area (Å²) in [4.78, 5) is 19.2. The number of ether oxygens (including phenoxy) is 2. The number of nitrogens with zero attached hydrogens (tertiary/aromatic N) is 2. The van der Waals surface area contributed by atoms with Crippen molar-refractivity contribution in [1.82, 2.24) is 4.90 Å². The summed E-state index contributed by atoms with van der Waals surface area (Å²) < 4.78 is 12.6. The lowest BCUT2D eigenvalue weighted by atomic mass is 9.94. The van der Waals surface area contributed by atoms with Crippen molar-refractivity contribution in [2.45, 2.75) is 19.9 Å². The van der Waals surface area contributed by atoms with Gasteiger partial charge in [0.2, 0.25) is 0 Å². The van der Waals surface area contributed by atoms with Crippen molar-refractivity contribution in [3.63, 3.8) is 0 Å². The summed E-state index contributed by atoms with van der Waals surface area (Å²) >= 11 is 8.59. The van der Waals surface area contributed by atoms with Crippen LogP contribution in [0, 0.1) is 0 Å². The first-order chi connectivity index (χ1) is 12.0. The molecule has 1 aromatic rings. The molecule has 0 radical (unpaired) electrons. The molecule has 2 heterocycles. The van der Waals surface area contributed by atoms with Gasteiger partial charge in [0.15, 0.2) is 5.17 Å². The van der Waals surface area contributed by atoms with Crippen molar-refractivity contribution in [3.8, 4) is 5.75 Å². The molecule has 0 amide bonds. The van der Waals surface area contributed by atoms with Gasteiger partial charge < -0.3 is 14.4 Å². The van der Waals surface area contributed by atoms with Crippen molar-refractivity contribution < 1.29 is 14.3 Å². The molecule has 5 nitrogen and oxygen atoms in total. The number of carbonyl (C=O) groups excluding carboxylic acids is 1. The van der Waals surface area contributed by atoms with Gasteiger partial charge in [0.25, 0.3) is 0 Å². The summed E-state index contributed by atoms with van der Waals surface area (Å²) in [6.45, 7) is 3.94. The maximum absolute atomic E-state index is 12.7. The van der Waals surface area contributed by atoms with E-state index in [1.54, 1.807) is 14.0 Å². The second kappa shape index (κ2) is 7.55. The van der Waals surface area contributed by atoms with Crippen molar-refractivity contribution in [3.05, 3.63) is 49.5 Å². The average molecular weight is 488 g/mol. The molecule has 0 N–H and O–H groups in total. The summed E-state index contributed by atoms with van der Waals surface area (Å²) in [6.07, 6.45) is 1.92. The summed E-state index contributed by atoms with van der Waals surface area (Å²) in [6, 6.07) is 3.50. The van der Waals surface area contributed by atoms with Crippen LogP contribution in [0.25, 0.3) is 0 Å². The Labute approximate surface area is 167 Å². The zero-order valence-corrected chi connectivity index (χ0v) is 17.9. The van der Waals surface area contributed by atoms with Crippen LogP contribution in [-0.4, -0.2) is 29.8 Å². The number of rotatable bonds is 4. The molecular formula is C17H16Br2N2O3S. The van der Waals surface area contributed by atoms with Crippen LogP contribution in [0.15, 0.2) is 48.9 Å². The third-order valence-electron chi connectivity index (χ3n) is 3.85. The molecule has 0 bridgehead atoms. The number of esters is 1. The van der Waals surface area contributed by atoms with Crippen molar-refractivity contribution >= 4 is 54.8 Å². The first kappa shape index (κ1) is 18.5. The van der Waals surface area contributed by atoms with Crippen LogP contribution in [0.4, 0.5) is 0 Å². The SMILES string of the molecule is CCOC(=O)C1=C(C)N=C2SC=CN2C1c1cc(Br)cc(Br)c1OC. The second-order valence-corrected chi connectivity index (χ2v) is 7.98. The van der Waals surface area contributed by atoms with Crippen LogP contribution < -0.4 is 4.74 Å². The molecular weight excluding hydrogens is 472 g/mol. The predicted octanol–water partition coefficient (Wildman–Crippen LogP) is 4.99. The van der Waals surface area contributed by atoms with E-state index in [1.165, 1.54) is 11.8 Å². The number of fused-ring (bicyclic) bond motifs is 1. The number of halogens is 2. The molecule has 1 unspecified atom stereocenters. The Morgan fingerprint density at radius 2 is 2.16 bits per heavy atom. The number of thioether (sulfide) groups is 1. The molecule has 0 spiro atoms. The van der Waals surface area contributed by atoms with Gasteiger partial charge in [-0.15, -0.1) is 0 Å². The molecule has 2 aliphatic heterocycles. The van der Waals surface area contributed by atoms with Crippen molar-refractivity contribution in [1.29, 1.82) is 0 Å². The fraction of sp³-hybridized carbons (Fsp3) is 0.294. The van der Waals surface area contributed by atoms with E-state index in [1.807, 2.05) is 35.6 Å². The molecule has 25 heavy (non-hydrogen) atoms. The van der Waals surface area contributed by atoms with E-state index in [2.05, 4.69) is 36.9 Å². The number of amidine groups is 1. The average Bonchev–Trinajstić information content (AvgIpc) is 3.00. The van der Waals surface area contributed by atoms with Crippen LogP contribution in [0.1, 0.15) is 25.5 Å². The zero-order chi connectivity index (χ0) is 18.1. The Morgan fingerprint density at radius 1 is 1.40 bits per heavy atom. The van der Waals surface area contributed by atoms with Crippen LogP contribution in [0.5, 0.6) is 5.75 Å². The van der Waals surface area contributed by atoms with Crippen LogP contribution >= 0.6 is 43.6 Å². The highest BCUT2D eigenvalue weighted by Gasteiger charge is 2.39. The minimum Gasteiger partial charge on any atom is -0.495 e. The van der Waals surface area contributed by atoms with Crippen LogP contribution in [0.2, 0.25) is 0 Å². The molecule has 0 saturated heterocycles. The number of carbonyl (C=O) groups is 1. The van der Waals surface area contributed by atoms with Crippen molar-refractivity contribution in [2.75, 3.05) is 13.7 Å². The Bertz CT molecular complexity index is 820. The van der Waals surface area contributed by atoms with E-state index >= 15 is 0 Å². The van der Waals surface area contributed by atoms with Gasteiger partial charge in [0, 0.05) is 16.2 Å². The molecule has 2 aliphatic rings. The fourth-order valence-corrected chi connectivity index (χ4v) is 5.09. The van der Waals surface area contributed by atoms with E-state index in [-0.39, 0.29) is 12.0 Å². The van der Waals surface area contributed by atoms with E-state index in [0.717, 1.165) is 19.7 Å². The van der Waals surface area contributed by atoms with E-state index < -0.39 is 0 Å². The number of benzene rings is 1. The molecule has 1 aromatic carbocycles. The normalized spacial score (nSPS) is 19.0. The standard InChI is InChI=1S/C17H16Br2N2O3S/c1-4-24-16(22)13-9(2)20-17-21(5-6-25-17)14(13)11-7-10(18)8-12(19)15(11)23-3/h5-8,14H,4H2,1-3H3. The Morgan fingerprint density at radius 3 is 2.84 bits per heavy atom. The second-order valence-electron chi connectivity index (χ2n) is 5.34. The van der Waals surface area contributed by atoms with Gasteiger partial charge >= 0.3 is 5.97 Å². The summed E-state index contributed by atoms with van der Waals surface area (Å²) in [5.74, 6) is 0.311. The van der Waals surface area contributed by atoms with Crippen molar-refractivity contribution in [2.24, 2.45) is 4.99 Å². The van der Waals surface area contributed by atoms with Crippen LogP contribution in [-0.2, 0) is 9.53 Å². The van der Waals surface area contributed by atoms with E-state index in [9.17, 15) is 4.79 Å². The maximum atomic E-state index is 12.7. The molecule has 1 atom stereocenters. The smallest absolute Gasteiger partial charge is 0.338 e. The zero-order valence-electron chi connectivity index (χ0n) is 13.9. The molecule has 0 fully saturated rings. The van der Waals surface area contributed by atoms with Gasteiger partial charge in [-0.2, -0.15) is 0 Å². The van der Waals surface area contributed by atoms with Gasteiger partial charge in [-0.1, -0.05) is 27.7 Å². The highest BCUT2D eigenvalue weighted by Crippen LogP contribution is 2.46. The first-order valence-corrected chi connectivity index (χ1v) is 10.1. The maximum Gasteiger partial charge on any atom is 0.338 e. The summed E-state index contributed by atoms with van der Waals surface area (Å²) in [5, 5.41) is 2.78.